The van der Waals surface area contributed by atoms with E-state index in [0.29, 0.717) is 6.42 Å². The van der Waals surface area contributed by atoms with Crippen LogP contribution in [-0.2, 0) is 38.1 Å². The van der Waals surface area contributed by atoms with Crippen molar-refractivity contribution in [1.82, 2.24) is 5.32 Å². The first-order valence-electron chi connectivity index (χ1n) is 24.4. The number of nitrogens with one attached hydrogen (secondary N) is 1. The van der Waals surface area contributed by atoms with E-state index in [4.69, 9.17) is 18.9 Å². The van der Waals surface area contributed by atoms with E-state index in [1.165, 1.54) is 155 Å². The van der Waals surface area contributed by atoms with Gasteiger partial charge in [0, 0.05) is 12.8 Å². The third kappa shape index (κ3) is 40.5. The molecule has 0 fully saturated rings. The fourth-order valence-electron chi connectivity index (χ4n) is 7.06. The Morgan fingerprint density at radius 2 is 0.780 bits per heavy atom. The number of hydrogen-bond donors (Lipinski definition) is 1. The van der Waals surface area contributed by atoms with Crippen LogP contribution in [0.25, 0.3) is 0 Å². The molecule has 0 heterocycles. The number of ether oxygens (including phenoxy) is 4. The maximum atomic E-state index is 12.8. The molecule has 346 valence electrons. The van der Waals surface area contributed by atoms with Crippen molar-refractivity contribution in [2.24, 2.45) is 0 Å². The maximum Gasteiger partial charge on any atom is 0.408 e. The van der Waals surface area contributed by atoms with E-state index in [1.807, 2.05) is 0 Å². The summed E-state index contributed by atoms with van der Waals surface area (Å²) in [6.07, 6.45) is 35.3. The van der Waals surface area contributed by atoms with Gasteiger partial charge in [-0.25, -0.2) is 4.79 Å². The molecule has 0 rings (SSSR count). The smallest absolute Gasteiger partial charge is 0.408 e. The summed E-state index contributed by atoms with van der Waals surface area (Å²) < 4.78 is 21.7. The number of ketones is 1. The number of unbranched alkanes of at least 4 members (excludes halogenated alkanes) is 28. The van der Waals surface area contributed by atoms with Gasteiger partial charge in [-0.1, -0.05) is 194 Å². The number of rotatable bonds is 41. The summed E-state index contributed by atoms with van der Waals surface area (Å²) in [6, 6.07) is -1.14. The third-order valence-corrected chi connectivity index (χ3v) is 10.7. The Hall–Kier alpha value is -2.65. The van der Waals surface area contributed by atoms with Gasteiger partial charge in [-0.2, -0.15) is 0 Å². The molecule has 0 saturated heterocycles. The van der Waals surface area contributed by atoms with Crippen LogP contribution in [0.3, 0.4) is 0 Å². The molecule has 0 aliphatic carbocycles. The molecule has 0 bridgehead atoms. The summed E-state index contributed by atoms with van der Waals surface area (Å²) in [5.41, 5.74) is -0.779. The Morgan fingerprint density at radius 1 is 0.458 bits per heavy atom. The highest BCUT2D eigenvalue weighted by atomic mass is 16.6. The summed E-state index contributed by atoms with van der Waals surface area (Å²) >= 11 is 0. The lowest BCUT2D eigenvalue weighted by atomic mass is 10.0. The number of Topliss-reactive ketones (excluding diaryl/α,β-unsaturated/α-hetero) is 1. The van der Waals surface area contributed by atoms with Gasteiger partial charge >= 0.3 is 24.0 Å². The fourth-order valence-corrected chi connectivity index (χ4v) is 7.06. The quantitative estimate of drug-likeness (QED) is 0.0363. The first-order chi connectivity index (χ1) is 28.4. The third-order valence-electron chi connectivity index (χ3n) is 10.7. The molecule has 10 heteroatoms. The molecule has 0 aliphatic heterocycles. The largest absolute Gasteiger partial charge is 0.462 e. The predicted octanol–water partition coefficient (Wildman–Crippen LogP) is 13.4. The summed E-state index contributed by atoms with van der Waals surface area (Å²) in [6.45, 7) is 10.3. The normalized spacial score (nSPS) is 12.4. The van der Waals surface area contributed by atoms with Crippen LogP contribution in [-0.4, -0.2) is 60.7 Å². The maximum absolute atomic E-state index is 12.8. The molecule has 2 unspecified atom stereocenters. The summed E-state index contributed by atoms with van der Waals surface area (Å²) in [7, 11) is 0. The molecule has 0 aromatic heterocycles. The molecule has 59 heavy (non-hydrogen) atoms. The van der Waals surface area contributed by atoms with Crippen LogP contribution in [0.2, 0.25) is 0 Å². The monoisotopic (exact) mass is 838 g/mol. The summed E-state index contributed by atoms with van der Waals surface area (Å²) in [5.74, 6) is -2.03. The molecular weight excluding hydrogens is 747 g/mol. The minimum absolute atomic E-state index is 0.224. The topological polar surface area (TPSA) is 134 Å². The number of carbonyl (C=O) groups is 5. The van der Waals surface area contributed by atoms with Crippen LogP contribution in [0.5, 0.6) is 0 Å². The second-order valence-corrected chi connectivity index (χ2v) is 17.9. The first kappa shape index (κ1) is 56.4. The Kier molecular flexibility index (Phi) is 37.7. The van der Waals surface area contributed by atoms with Crippen molar-refractivity contribution in [3.63, 3.8) is 0 Å². The Bertz CT molecular complexity index is 1060. The van der Waals surface area contributed by atoms with E-state index in [-0.39, 0.29) is 32.0 Å². The number of amides is 1. The van der Waals surface area contributed by atoms with Gasteiger partial charge in [0.25, 0.3) is 0 Å². The van der Waals surface area contributed by atoms with E-state index in [0.717, 1.165) is 38.5 Å². The highest BCUT2D eigenvalue weighted by Gasteiger charge is 2.26. The number of hydrogen-bond acceptors (Lipinski definition) is 9. The molecule has 1 N–H and O–H groups in total. The number of esters is 3. The van der Waals surface area contributed by atoms with E-state index in [9.17, 15) is 24.0 Å². The van der Waals surface area contributed by atoms with E-state index in [2.05, 4.69) is 19.2 Å². The van der Waals surface area contributed by atoms with Gasteiger partial charge in [0.1, 0.15) is 24.9 Å². The van der Waals surface area contributed by atoms with Crippen molar-refractivity contribution in [2.45, 2.75) is 271 Å². The van der Waals surface area contributed by atoms with Gasteiger partial charge in [-0.05, 0) is 40.5 Å². The molecule has 2 atom stereocenters. The highest BCUT2D eigenvalue weighted by molar-refractivity contribution is 5.89. The van der Waals surface area contributed by atoms with E-state index < -0.39 is 48.0 Å². The highest BCUT2D eigenvalue weighted by Crippen LogP contribution is 2.16. The van der Waals surface area contributed by atoms with Crippen LogP contribution < -0.4 is 5.32 Å². The molecule has 0 spiro atoms. The lowest BCUT2D eigenvalue weighted by Gasteiger charge is -2.22. The summed E-state index contributed by atoms with van der Waals surface area (Å²) in [5, 5.41) is 2.41. The average Bonchev–Trinajstić information content (AvgIpc) is 3.17. The van der Waals surface area contributed by atoms with Gasteiger partial charge < -0.3 is 24.3 Å². The Balaban J connectivity index is 4.59. The van der Waals surface area contributed by atoms with E-state index in [1.54, 1.807) is 20.8 Å². The number of carbonyl (C=O) groups excluding carboxylic acids is 5. The molecular formula is C49H91NO9. The van der Waals surface area contributed by atoms with Crippen molar-refractivity contribution < 1.29 is 42.9 Å². The van der Waals surface area contributed by atoms with Crippen LogP contribution >= 0.6 is 0 Å². The van der Waals surface area contributed by atoms with Gasteiger partial charge in [0.15, 0.2) is 11.9 Å². The standard InChI is InChI=1S/C49H91NO9/c1-7-9-11-13-15-17-19-21-23-25-27-29-31-33-35-37-45(52)56-40-43(41-57-47(54)39-44(42(3)51)50-48(55)59-49(4,5)6)58-46(53)38-36-34-32-30-28-26-24-22-20-18-16-14-12-10-8-2/h43-44H,7-41H2,1-6H3,(H,50,55). The van der Waals surface area contributed by atoms with Crippen molar-refractivity contribution in [1.29, 1.82) is 0 Å². The van der Waals surface area contributed by atoms with Crippen molar-refractivity contribution in [2.75, 3.05) is 13.2 Å². The zero-order valence-electron chi connectivity index (χ0n) is 39.1. The zero-order chi connectivity index (χ0) is 43.8. The lowest BCUT2D eigenvalue weighted by molar-refractivity contribution is -0.167. The molecule has 0 aromatic rings. The van der Waals surface area contributed by atoms with Crippen molar-refractivity contribution in [3.8, 4) is 0 Å². The van der Waals surface area contributed by atoms with Crippen LogP contribution in [0.15, 0.2) is 0 Å². The Morgan fingerprint density at radius 3 is 1.12 bits per heavy atom. The lowest BCUT2D eigenvalue weighted by Crippen LogP contribution is -2.44. The van der Waals surface area contributed by atoms with Crippen LogP contribution in [0.1, 0.15) is 253 Å². The molecule has 0 aromatic carbocycles. The molecule has 1 amide bonds. The Labute approximate surface area is 361 Å². The van der Waals surface area contributed by atoms with Gasteiger partial charge in [-0.3, -0.25) is 19.2 Å². The van der Waals surface area contributed by atoms with Crippen LogP contribution in [0.4, 0.5) is 4.79 Å². The molecule has 0 aliphatic rings. The average molecular weight is 838 g/mol. The summed E-state index contributed by atoms with van der Waals surface area (Å²) in [4.78, 5) is 62.5. The van der Waals surface area contributed by atoms with Gasteiger partial charge in [0.2, 0.25) is 0 Å². The minimum Gasteiger partial charge on any atom is -0.462 e. The van der Waals surface area contributed by atoms with Crippen molar-refractivity contribution in [3.05, 3.63) is 0 Å². The first-order valence-corrected chi connectivity index (χ1v) is 24.4. The number of alkyl carbamates (subject to hydrolysis) is 1. The van der Waals surface area contributed by atoms with Crippen molar-refractivity contribution >= 4 is 29.8 Å². The SMILES string of the molecule is CCCCCCCCCCCCCCCCCC(=O)OCC(COC(=O)CC(NC(=O)OC(C)(C)C)C(C)=O)OC(=O)CCCCCCCCCCCCCCCCC. The fraction of sp³-hybridized carbons (Fsp3) is 0.898. The van der Waals surface area contributed by atoms with E-state index >= 15 is 0 Å². The molecule has 10 nitrogen and oxygen atoms in total. The van der Waals surface area contributed by atoms with Crippen LogP contribution in [0, 0.1) is 0 Å². The predicted molar refractivity (Wildman–Crippen MR) is 239 cm³/mol. The minimum atomic E-state index is -1.14. The second kappa shape index (κ2) is 39.5. The zero-order valence-corrected chi connectivity index (χ0v) is 39.1. The molecule has 0 radical (unpaired) electrons. The van der Waals surface area contributed by atoms with Gasteiger partial charge in [-0.15, -0.1) is 0 Å². The second-order valence-electron chi connectivity index (χ2n) is 17.9. The molecule has 0 saturated carbocycles. The van der Waals surface area contributed by atoms with Gasteiger partial charge in [0.05, 0.1) is 6.42 Å².